The van der Waals surface area contributed by atoms with Crippen molar-refractivity contribution >= 4 is 38.3 Å². The third kappa shape index (κ3) is 3.48. The van der Waals surface area contributed by atoms with Crippen molar-refractivity contribution in [2.75, 3.05) is 5.75 Å². The molecule has 0 spiro atoms. The van der Waals surface area contributed by atoms with Gasteiger partial charge in [-0.3, -0.25) is 0 Å². The molecule has 0 unspecified atom stereocenters. The molecule has 27 heavy (non-hydrogen) atoms. The van der Waals surface area contributed by atoms with E-state index in [-0.39, 0.29) is 4.90 Å². The van der Waals surface area contributed by atoms with E-state index < -0.39 is 10.1 Å². The first-order valence-corrected chi connectivity index (χ1v) is 11.0. The van der Waals surface area contributed by atoms with E-state index in [9.17, 15) is 8.42 Å². The predicted octanol–water partition coefficient (Wildman–Crippen LogP) is 4.90. The summed E-state index contributed by atoms with van der Waals surface area (Å²) in [6, 6.07) is 18.8. The van der Waals surface area contributed by atoms with E-state index in [2.05, 4.69) is 17.6 Å². The van der Waals surface area contributed by atoms with Crippen LogP contribution in [0, 0.1) is 6.92 Å². The summed E-state index contributed by atoms with van der Waals surface area (Å²) in [5.41, 5.74) is 6.49. The van der Waals surface area contributed by atoms with E-state index in [0.717, 1.165) is 43.8 Å². The van der Waals surface area contributed by atoms with Gasteiger partial charge in [-0.2, -0.15) is 8.42 Å². The van der Waals surface area contributed by atoms with Gasteiger partial charge in [0.2, 0.25) is 0 Å². The lowest BCUT2D eigenvalue weighted by molar-refractivity contribution is 0.258. The standard InChI is InChI=1S/C21H19NO3S2/c1-14-7-10-17(11-8-14)27(23,24)25-22-21-15(2)13-26-19-12-9-16-5-3-4-6-18(16)20(19)21/h3-12,22H,13H2,1-2H3. The van der Waals surface area contributed by atoms with Gasteiger partial charge in [-0.05, 0) is 48.4 Å². The van der Waals surface area contributed by atoms with Gasteiger partial charge in [-0.1, -0.05) is 48.0 Å². The molecule has 4 rings (SSSR count). The molecule has 1 aliphatic heterocycles. The summed E-state index contributed by atoms with van der Waals surface area (Å²) in [5.74, 6) is 0.779. The number of hydroxylamine groups is 1. The molecule has 1 heterocycles. The Morgan fingerprint density at radius 1 is 0.963 bits per heavy atom. The minimum absolute atomic E-state index is 0.127. The second-order valence-electron chi connectivity index (χ2n) is 6.56. The van der Waals surface area contributed by atoms with Gasteiger partial charge < -0.3 is 0 Å². The molecular formula is C21H19NO3S2. The van der Waals surface area contributed by atoms with Crippen molar-refractivity contribution in [3.63, 3.8) is 0 Å². The molecule has 3 aromatic carbocycles. The van der Waals surface area contributed by atoms with Crippen LogP contribution in [0.4, 0.5) is 0 Å². The van der Waals surface area contributed by atoms with Crippen molar-refractivity contribution in [1.29, 1.82) is 0 Å². The summed E-state index contributed by atoms with van der Waals surface area (Å²) in [4.78, 5) is 1.24. The highest BCUT2D eigenvalue weighted by molar-refractivity contribution is 7.99. The summed E-state index contributed by atoms with van der Waals surface area (Å²) >= 11 is 1.74. The second-order valence-corrected chi connectivity index (χ2v) is 9.12. The lowest BCUT2D eigenvalue weighted by Gasteiger charge is -2.23. The monoisotopic (exact) mass is 397 g/mol. The fourth-order valence-corrected chi connectivity index (χ4v) is 4.88. The fourth-order valence-electron chi connectivity index (χ4n) is 3.09. The Labute approximate surface area is 163 Å². The molecule has 1 N–H and O–H groups in total. The van der Waals surface area contributed by atoms with Crippen molar-refractivity contribution in [3.05, 3.63) is 77.4 Å². The first kappa shape index (κ1) is 18.1. The number of nitrogens with one attached hydrogen (secondary N) is 1. The van der Waals surface area contributed by atoms with Crippen LogP contribution in [0.15, 0.2) is 76.0 Å². The quantitative estimate of drug-likeness (QED) is 0.635. The van der Waals surface area contributed by atoms with Crippen molar-refractivity contribution in [1.82, 2.24) is 5.48 Å². The van der Waals surface area contributed by atoms with Crippen LogP contribution in [0.3, 0.4) is 0 Å². The number of hydrogen-bond acceptors (Lipinski definition) is 5. The fraction of sp³-hybridized carbons (Fsp3) is 0.143. The number of thioether (sulfide) groups is 1. The normalized spacial score (nSPS) is 14.3. The Hall–Kier alpha value is -2.28. The molecule has 3 aromatic rings. The lowest BCUT2D eigenvalue weighted by atomic mass is 10.00. The van der Waals surface area contributed by atoms with Crippen molar-refractivity contribution in [2.45, 2.75) is 23.6 Å². The second kappa shape index (κ2) is 7.03. The highest BCUT2D eigenvalue weighted by Gasteiger charge is 2.23. The molecule has 0 aliphatic carbocycles. The minimum Gasteiger partial charge on any atom is -0.249 e. The Morgan fingerprint density at radius 2 is 1.70 bits per heavy atom. The van der Waals surface area contributed by atoms with E-state index in [0.29, 0.717) is 0 Å². The van der Waals surface area contributed by atoms with Crippen molar-refractivity contribution in [3.8, 4) is 0 Å². The Balaban J connectivity index is 1.71. The third-order valence-corrected chi connectivity index (χ3v) is 6.96. The highest BCUT2D eigenvalue weighted by Crippen LogP contribution is 2.40. The van der Waals surface area contributed by atoms with Gasteiger partial charge in [-0.15, -0.1) is 16.0 Å². The molecule has 0 saturated heterocycles. The number of fused-ring (bicyclic) bond motifs is 3. The van der Waals surface area contributed by atoms with Crippen LogP contribution in [0.1, 0.15) is 18.1 Å². The molecule has 0 amide bonds. The molecule has 0 atom stereocenters. The summed E-state index contributed by atoms with van der Waals surface area (Å²) in [7, 11) is -3.91. The average Bonchev–Trinajstić information content (AvgIpc) is 2.67. The topological polar surface area (TPSA) is 55.4 Å². The number of rotatable bonds is 4. The molecule has 0 aromatic heterocycles. The molecular weight excluding hydrogens is 378 g/mol. The van der Waals surface area contributed by atoms with E-state index in [1.807, 2.05) is 38.1 Å². The summed E-state index contributed by atoms with van der Waals surface area (Å²) < 4.78 is 30.3. The molecule has 0 radical (unpaired) electrons. The number of benzene rings is 3. The van der Waals surface area contributed by atoms with E-state index in [1.165, 1.54) is 0 Å². The van der Waals surface area contributed by atoms with Crippen molar-refractivity contribution < 1.29 is 12.7 Å². The summed E-state index contributed by atoms with van der Waals surface area (Å²) in [6.45, 7) is 3.90. The van der Waals surface area contributed by atoms with Crippen LogP contribution in [-0.4, -0.2) is 14.2 Å². The predicted molar refractivity (Wildman–Crippen MR) is 110 cm³/mol. The number of aryl methyl sites for hydroxylation is 1. The minimum atomic E-state index is -3.91. The molecule has 0 fully saturated rings. The van der Waals surface area contributed by atoms with Gasteiger partial charge in [0.15, 0.2) is 0 Å². The van der Waals surface area contributed by atoms with Crippen LogP contribution >= 0.6 is 11.8 Å². The SMILES string of the molecule is CC1=C(NOS(=O)(=O)c2ccc(C)cc2)c2c(ccc3ccccc23)SC1. The van der Waals surface area contributed by atoms with Crippen LogP contribution in [-0.2, 0) is 14.4 Å². The maximum absolute atomic E-state index is 12.6. The highest BCUT2D eigenvalue weighted by atomic mass is 32.2. The van der Waals surface area contributed by atoms with Gasteiger partial charge in [0.25, 0.3) is 0 Å². The van der Waals surface area contributed by atoms with E-state index in [4.69, 9.17) is 4.28 Å². The Bertz CT molecular complexity index is 1150. The molecule has 4 nitrogen and oxygen atoms in total. The summed E-state index contributed by atoms with van der Waals surface area (Å²) in [6.07, 6.45) is 0. The zero-order chi connectivity index (χ0) is 19.0. The molecule has 0 bridgehead atoms. The smallest absolute Gasteiger partial charge is 0.249 e. The maximum atomic E-state index is 12.6. The van der Waals surface area contributed by atoms with Crippen LogP contribution < -0.4 is 5.48 Å². The van der Waals surface area contributed by atoms with E-state index in [1.54, 1.807) is 36.0 Å². The largest absolute Gasteiger partial charge is 0.317 e. The lowest BCUT2D eigenvalue weighted by Crippen LogP contribution is -2.22. The molecule has 0 saturated carbocycles. The van der Waals surface area contributed by atoms with Gasteiger partial charge in [0, 0.05) is 16.2 Å². The van der Waals surface area contributed by atoms with Gasteiger partial charge in [0.1, 0.15) is 0 Å². The summed E-state index contributed by atoms with van der Waals surface area (Å²) in [5, 5.41) is 2.17. The molecule has 6 heteroatoms. The van der Waals surface area contributed by atoms with Crippen LogP contribution in [0.5, 0.6) is 0 Å². The van der Waals surface area contributed by atoms with Gasteiger partial charge in [0.05, 0.1) is 10.6 Å². The van der Waals surface area contributed by atoms with Crippen LogP contribution in [0.2, 0.25) is 0 Å². The maximum Gasteiger partial charge on any atom is 0.317 e. The van der Waals surface area contributed by atoms with Crippen LogP contribution in [0.25, 0.3) is 16.5 Å². The Morgan fingerprint density at radius 3 is 2.48 bits per heavy atom. The number of hydrogen-bond donors (Lipinski definition) is 1. The van der Waals surface area contributed by atoms with Gasteiger partial charge in [-0.25, -0.2) is 5.48 Å². The average molecular weight is 398 g/mol. The van der Waals surface area contributed by atoms with E-state index >= 15 is 0 Å². The zero-order valence-corrected chi connectivity index (χ0v) is 16.7. The molecule has 138 valence electrons. The third-order valence-electron chi connectivity index (χ3n) is 4.57. The van der Waals surface area contributed by atoms with Gasteiger partial charge >= 0.3 is 10.1 Å². The Kier molecular flexibility index (Phi) is 4.72. The first-order chi connectivity index (χ1) is 13.0. The molecule has 1 aliphatic rings. The zero-order valence-electron chi connectivity index (χ0n) is 15.0. The van der Waals surface area contributed by atoms with Crippen molar-refractivity contribution in [2.24, 2.45) is 0 Å². The first-order valence-electron chi connectivity index (χ1n) is 8.56.